The lowest BCUT2D eigenvalue weighted by molar-refractivity contribution is 0.110. The van der Waals surface area contributed by atoms with Crippen LogP contribution in [0, 0.1) is 17.3 Å². The van der Waals surface area contributed by atoms with Gasteiger partial charge in [-0.2, -0.15) is 0 Å². The van der Waals surface area contributed by atoms with Crippen molar-refractivity contribution in [3.05, 3.63) is 0 Å². The summed E-state index contributed by atoms with van der Waals surface area (Å²) in [5.74, 6) is 1.85. The van der Waals surface area contributed by atoms with E-state index in [0.29, 0.717) is 5.41 Å². The minimum Gasteiger partial charge on any atom is -0.313 e. The summed E-state index contributed by atoms with van der Waals surface area (Å²) in [5, 5.41) is 3.90. The summed E-state index contributed by atoms with van der Waals surface area (Å²) in [4.78, 5) is 0. The zero-order valence-electron chi connectivity index (χ0n) is 12.1. The third kappa shape index (κ3) is 3.24. The molecular weight excluding hydrogens is 206 g/mol. The van der Waals surface area contributed by atoms with E-state index in [-0.39, 0.29) is 0 Å². The van der Waals surface area contributed by atoms with Crippen LogP contribution in [0.2, 0.25) is 0 Å². The van der Waals surface area contributed by atoms with Gasteiger partial charge in [0.1, 0.15) is 0 Å². The van der Waals surface area contributed by atoms with Crippen molar-refractivity contribution in [2.75, 3.05) is 6.54 Å². The van der Waals surface area contributed by atoms with Crippen molar-refractivity contribution in [3.8, 4) is 0 Å². The molecule has 0 bridgehead atoms. The van der Waals surface area contributed by atoms with Gasteiger partial charge in [-0.1, -0.05) is 40.0 Å². The van der Waals surface area contributed by atoms with Gasteiger partial charge in [0.25, 0.3) is 0 Å². The smallest absolute Gasteiger partial charge is 0.00700 e. The fourth-order valence-corrected chi connectivity index (χ4v) is 3.71. The Morgan fingerprint density at radius 1 is 1.18 bits per heavy atom. The summed E-state index contributed by atoms with van der Waals surface area (Å²) in [6.07, 6.45) is 11.5. The molecule has 1 N–H and O–H groups in total. The lowest BCUT2D eigenvalue weighted by Gasteiger charge is -2.43. The molecule has 2 fully saturated rings. The highest BCUT2D eigenvalue weighted by molar-refractivity contribution is 4.90. The second kappa shape index (κ2) is 5.73. The molecule has 0 radical (unpaired) electrons. The Bertz CT molecular complexity index is 224. The molecule has 0 aromatic heterocycles. The van der Waals surface area contributed by atoms with Gasteiger partial charge in [0.2, 0.25) is 0 Å². The van der Waals surface area contributed by atoms with Crippen molar-refractivity contribution in [1.82, 2.24) is 5.32 Å². The normalized spacial score (nSPS) is 32.5. The highest BCUT2D eigenvalue weighted by atomic mass is 14.9. The molecule has 2 unspecified atom stereocenters. The molecule has 0 aromatic rings. The lowest BCUT2D eigenvalue weighted by atomic mass is 9.67. The van der Waals surface area contributed by atoms with Crippen LogP contribution in [0.5, 0.6) is 0 Å². The van der Waals surface area contributed by atoms with Gasteiger partial charge in [-0.3, -0.25) is 0 Å². The third-order valence-corrected chi connectivity index (χ3v) is 5.59. The minimum absolute atomic E-state index is 0.685. The fourth-order valence-electron chi connectivity index (χ4n) is 3.71. The van der Waals surface area contributed by atoms with E-state index in [9.17, 15) is 0 Å². The summed E-state index contributed by atoms with van der Waals surface area (Å²) in [6.45, 7) is 8.45. The molecular formula is C16H31N. The Morgan fingerprint density at radius 2 is 1.94 bits per heavy atom. The third-order valence-electron chi connectivity index (χ3n) is 5.59. The Hall–Kier alpha value is -0.0400. The van der Waals surface area contributed by atoms with E-state index in [2.05, 4.69) is 26.1 Å². The van der Waals surface area contributed by atoms with Crippen molar-refractivity contribution in [1.29, 1.82) is 0 Å². The Balaban J connectivity index is 1.75. The quantitative estimate of drug-likeness (QED) is 0.748. The van der Waals surface area contributed by atoms with Crippen LogP contribution in [0.3, 0.4) is 0 Å². The van der Waals surface area contributed by atoms with Crippen molar-refractivity contribution in [2.24, 2.45) is 17.3 Å². The molecule has 1 nitrogen and oxygen atoms in total. The Labute approximate surface area is 108 Å². The van der Waals surface area contributed by atoms with Crippen molar-refractivity contribution in [2.45, 2.75) is 78.2 Å². The van der Waals surface area contributed by atoms with E-state index in [1.54, 1.807) is 0 Å². The van der Waals surface area contributed by atoms with E-state index in [0.717, 1.165) is 17.9 Å². The summed E-state index contributed by atoms with van der Waals surface area (Å²) in [7, 11) is 0. The second-order valence-corrected chi connectivity index (χ2v) is 6.96. The van der Waals surface area contributed by atoms with Gasteiger partial charge in [-0.15, -0.1) is 0 Å². The van der Waals surface area contributed by atoms with Crippen molar-refractivity contribution in [3.63, 3.8) is 0 Å². The molecule has 2 atom stereocenters. The van der Waals surface area contributed by atoms with Gasteiger partial charge in [0.15, 0.2) is 0 Å². The molecule has 0 aromatic carbocycles. The lowest BCUT2D eigenvalue weighted by Crippen LogP contribution is -2.45. The highest BCUT2D eigenvalue weighted by Crippen LogP contribution is 2.43. The fraction of sp³-hybridized carbons (Fsp3) is 1.00. The van der Waals surface area contributed by atoms with Gasteiger partial charge in [0, 0.05) is 12.6 Å². The van der Waals surface area contributed by atoms with Crippen LogP contribution in [0.15, 0.2) is 0 Å². The molecule has 2 aliphatic carbocycles. The first-order chi connectivity index (χ1) is 8.15. The first-order valence-electron chi connectivity index (χ1n) is 7.88. The minimum atomic E-state index is 0.685. The zero-order chi connectivity index (χ0) is 12.3. The van der Waals surface area contributed by atoms with Crippen LogP contribution in [0.1, 0.15) is 72.1 Å². The van der Waals surface area contributed by atoms with Gasteiger partial charge < -0.3 is 5.32 Å². The highest BCUT2D eigenvalue weighted by Gasteiger charge is 2.35. The number of rotatable bonds is 5. The summed E-state index contributed by atoms with van der Waals surface area (Å²) in [5.41, 5.74) is 0.685. The molecule has 17 heavy (non-hydrogen) atoms. The average molecular weight is 237 g/mol. The molecule has 2 saturated carbocycles. The maximum atomic E-state index is 3.90. The predicted molar refractivity (Wildman–Crippen MR) is 75.2 cm³/mol. The van der Waals surface area contributed by atoms with E-state index >= 15 is 0 Å². The first kappa shape index (κ1) is 13.4. The second-order valence-electron chi connectivity index (χ2n) is 6.96. The van der Waals surface area contributed by atoms with Gasteiger partial charge in [-0.05, 0) is 49.4 Å². The van der Waals surface area contributed by atoms with Crippen LogP contribution in [0.4, 0.5) is 0 Å². The number of hydrogen-bond acceptors (Lipinski definition) is 1. The largest absolute Gasteiger partial charge is 0.313 e. The van der Waals surface area contributed by atoms with Crippen molar-refractivity contribution < 1.29 is 0 Å². The van der Waals surface area contributed by atoms with Crippen LogP contribution < -0.4 is 5.32 Å². The maximum Gasteiger partial charge on any atom is 0.00700 e. The van der Waals surface area contributed by atoms with E-state index < -0.39 is 0 Å². The molecule has 0 heterocycles. The van der Waals surface area contributed by atoms with Crippen LogP contribution in [-0.4, -0.2) is 12.6 Å². The molecule has 0 amide bonds. The summed E-state index contributed by atoms with van der Waals surface area (Å²) in [6, 6.07) is 0.820. The molecule has 2 aliphatic rings. The first-order valence-corrected chi connectivity index (χ1v) is 7.88. The summed E-state index contributed by atoms with van der Waals surface area (Å²) >= 11 is 0. The molecule has 100 valence electrons. The standard InChI is InChI=1S/C16H31N/c1-4-16(9-6-10-16)12-17-15-8-5-7-14(11-15)13(2)3/h13-15,17H,4-12H2,1-3H3. The van der Waals surface area contributed by atoms with E-state index in [4.69, 9.17) is 0 Å². The number of hydrogen-bond donors (Lipinski definition) is 1. The molecule has 0 saturated heterocycles. The van der Waals surface area contributed by atoms with E-state index in [1.807, 2.05) is 0 Å². The average Bonchev–Trinajstić information content (AvgIpc) is 2.28. The molecule has 0 aliphatic heterocycles. The predicted octanol–water partition coefficient (Wildman–Crippen LogP) is 4.37. The van der Waals surface area contributed by atoms with Crippen LogP contribution in [-0.2, 0) is 0 Å². The Morgan fingerprint density at radius 3 is 2.47 bits per heavy atom. The summed E-state index contributed by atoms with van der Waals surface area (Å²) < 4.78 is 0. The number of nitrogens with one attached hydrogen (secondary N) is 1. The van der Waals surface area contributed by atoms with E-state index in [1.165, 1.54) is 57.9 Å². The molecule has 0 spiro atoms. The molecule has 2 rings (SSSR count). The Kier molecular flexibility index (Phi) is 4.52. The van der Waals surface area contributed by atoms with Gasteiger partial charge >= 0.3 is 0 Å². The molecule has 1 heteroatoms. The van der Waals surface area contributed by atoms with Gasteiger partial charge in [-0.25, -0.2) is 0 Å². The van der Waals surface area contributed by atoms with Crippen LogP contribution in [0.25, 0.3) is 0 Å². The maximum absolute atomic E-state index is 3.90. The van der Waals surface area contributed by atoms with Crippen LogP contribution >= 0.6 is 0 Å². The zero-order valence-corrected chi connectivity index (χ0v) is 12.1. The monoisotopic (exact) mass is 237 g/mol. The SMILES string of the molecule is CCC1(CNC2CCCC(C(C)C)C2)CCC1. The topological polar surface area (TPSA) is 12.0 Å². The van der Waals surface area contributed by atoms with Gasteiger partial charge in [0.05, 0.1) is 0 Å². The van der Waals surface area contributed by atoms with Crippen molar-refractivity contribution >= 4 is 0 Å².